The van der Waals surface area contributed by atoms with Crippen LogP contribution in [-0.2, 0) is 18.5 Å². The first-order chi connectivity index (χ1) is 16.7. The summed E-state index contributed by atoms with van der Waals surface area (Å²) < 4.78 is 16.9. The number of aromatic nitrogens is 3. The number of ether oxygens (including phenoxy) is 1. The van der Waals surface area contributed by atoms with Crippen LogP contribution in [0.4, 0.5) is 0 Å². The summed E-state index contributed by atoms with van der Waals surface area (Å²) in [5, 5.41) is 8.41. The second-order valence-electron chi connectivity index (χ2n) is 8.80. The molecule has 0 radical (unpaired) electrons. The Labute approximate surface area is 203 Å². The smallest absolute Gasteiger partial charge is 0.253 e. The Morgan fingerprint density at radius 1 is 1.11 bits per heavy atom. The van der Waals surface area contributed by atoms with Crippen molar-refractivity contribution in [3.63, 3.8) is 0 Å². The molecule has 4 aromatic rings. The molecule has 0 aliphatic rings. The summed E-state index contributed by atoms with van der Waals surface area (Å²) in [6.07, 6.45) is 0.525. The van der Waals surface area contributed by atoms with Crippen molar-refractivity contribution in [1.29, 1.82) is 0 Å². The maximum atomic E-state index is 13.2. The number of oxazole rings is 1. The second kappa shape index (κ2) is 9.71. The molecule has 1 atom stereocenters. The minimum absolute atomic E-state index is 0.193. The van der Waals surface area contributed by atoms with Gasteiger partial charge in [-0.2, -0.15) is 0 Å². The maximum absolute atomic E-state index is 13.2. The molecule has 182 valence electrons. The van der Waals surface area contributed by atoms with Crippen molar-refractivity contribution in [3.05, 3.63) is 82.9 Å². The van der Waals surface area contributed by atoms with Crippen LogP contribution in [0, 0.1) is 13.8 Å². The summed E-state index contributed by atoms with van der Waals surface area (Å²) in [7, 11) is 3.26. The lowest BCUT2D eigenvalue weighted by Crippen LogP contribution is -2.35. The van der Waals surface area contributed by atoms with E-state index in [1.165, 1.54) is 0 Å². The Morgan fingerprint density at radius 3 is 2.51 bits per heavy atom. The lowest BCUT2D eigenvalue weighted by atomic mass is 9.94. The van der Waals surface area contributed by atoms with Crippen LogP contribution in [-0.4, -0.2) is 40.1 Å². The van der Waals surface area contributed by atoms with E-state index in [1.54, 1.807) is 44.2 Å². The highest BCUT2D eigenvalue weighted by molar-refractivity contribution is 5.95. The highest BCUT2D eigenvalue weighted by atomic mass is 16.5. The Hall–Kier alpha value is -3.98. The summed E-state index contributed by atoms with van der Waals surface area (Å²) in [5.74, 6) is 2.09. The maximum Gasteiger partial charge on any atom is 0.253 e. The van der Waals surface area contributed by atoms with E-state index >= 15 is 0 Å². The van der Waals surface area contributed by atoms with Crippen molar-refractivity contribution in [1.82, 2.24) is 20.1 Å². The van der Waals surface area contributed by atoms with Gasteiger partial charge in [-0.1, -0.05) is 30.3 Å². The van der Waals surface area contributed by atoms with Crippen LogP contribution in [0.25, 0.3) is 11.5 Å². The molecule has 1 amide bonds. The standard InChI is InChI=1S/C26H29N5O4/c1-16-21(28-17(2)34-16)15-31(4)24(32)19-11-12-22(33-5)20(13-19)23-29-30-25(35-23)26(3,27)14-18-9-7-6-8-10-18/h6-13H,14-15,27H2,1-5H3/t26-/m1/s1. The minimum Gasteiger partial charge on any atom is -0.496 e. The lowest BCUT2D eigenvalue weighted by molar-refractivity contribution is 0.0783. The normalized spacial score (nSPS) is 12.9. The largest absolute Gasteiger partial charge is 0.496 e. The van der Waals surface area contributed by atoms with E-state index in [2.05, 4.69) is 15.2 Å². The summed E-state index contributed by atoms with van der Waals surface area (Å²) in [6, 6.07) is 15.0. The Bertz CT molecular complexity index is 1330. The van der Waals surface area contributed by atoms with Crippen molar-refractivity contribution in [2.45, 2.75) is 39.3 Å². The van der Waals surface area contributed by atoms with Crippen LogP contribution in [0.15, 0.2) is 57.4 Å². The SMILES string of the molecule is COc1ccc(C(=O)N(C)Cc2nc(C)oc2C)cc1-c1nnc([C@](C)(N)Cc2ccccc2)o1. The first-order valence-electron chi connectivity index (χ1n) is 11.2. The van der Waals surface area contributed by atoms with Gasteiger partial charge in [0.2, 0.25) is 5.89 Å². The number of nitrogens with zero attached hydrogens (tertiary/aromatic N) is 4. The third-order valence-corrected chi connectivity index (χ3v) is 5.74. The average Bonchev–Trinajstić information content (AvgIpc) is 3.45. The first kappa shape index (κ1) is 24.2. The van der Waals surface area contributed by atoms with Gasteiger partial charge in [-0.25, -0.2) is 4.98 Å². The van der Waals surface area contributed by atoms with Crippen molar-refractivity contribution in [2.24, 2.45) is 5.73 Å². The molecule has 0 saturated heterocycles. The Kier molecular flexibility index (Phi) is 6.70. The third kappa shape index (κ3) is 5.25. The second-order valence-corrected chi connectivity index (χ2v) is 8.80. The van der Waals surface area contributed by atoms with Crippen LogP contribution in [0.2, 0.25) is 0 Å². The molecule has 0 aliphatic heterocycles. The number of amides is 1. The van der Waals surface area contributed by atoms with E-state index in [0.717, 1.165) is 5.56 Å². The van der Waals surface area contributed by atoms with Gasteiger partial charge >= 0.3 is 0 Å². The van der Waals surface area contributed by atoms with E-state index in [-0.39, 0.29) is 11.8 Å². The van der Waals surface area contributed by atoms with Crippen molar-refractivity contribution >= 4 is 5.91 Å². The van der Waals surface area contributed by atoms with E-state index < -0.39 is 5.54 Å². The number of rotatable bonds is 8. The zero-order valence-corrected chi connectivity index (χ0v) is 20.5. The van der Waals surface area contributed by atoms with Crippen LogP contribution in [0.1, 0.15) is 46.1 Å². The fourth-order valence-electron chi connectivity index (χ4n) is 3.90. The predicted molar refractivity (Wildman–Crippen MR) is 130 cm³/mol. The molecule has 2 heterocycles. The van der Waals surface area contributed by atoms with Gasteiger partial charge in [0.1, 0.15) is 17.2 Å². The van der Waals surface area contributed by atoms with Crippen LogP contribution < -0.4 is 10.5 Å². The van der Waals surface area contributed by atoms with Gasteiger partial charge < -0.3 is 24.2 Å². The molecular formula is C26H29N5O4. The molecule has 35 heavy (non-hydrogen) atoms. The summed E-state index contributed by atoms with van der Waals surface area (Å²) in [5.41, 5.74) is 8.39. The van der Waals surface area contributed by atoms with Gasteiger partial charge in [0.05, 0.1) is 24.8 Å². The molecular weight excluding hydrogens is 446 g/mol. The van der Waals surface area contributed by atoms with Crippen LogP contribution in [0.5, 0.6) is 5.75 Å². The number of hydrogen-bond acceptors (Lipinski definition) is 8. The number of carbonyl (C=O) groups is 1. The van der Waals surface area contributed by atoms with E-state index in [1.807, 2.05) is 44.2 Å². The van der Waals surface area contributed by atoms with Gasteiger partial charge in [-0.3, -0.25) is 4.79 Å². The minimum atomic E-state index is -0.874. The van der Waals surface area contributed by atoms with E-state index in [9.17, 15) is 4.79 Å². The molecule has 0 saturated carbocycles. The average molecular weight is 476 g/mol. The molecule has 9 nitrogen and oxygen atoms in total. The van der Waals surface area contributed by atoms with Gasteiger partial charge in [0.15, 0.2) is 5.89 Å². The van der Waals surface area contributed by atoms with Gasteiger partial charge in [0.25, 0.3) is 11.8 Å². The summed E-state index contributed by atoms with van der Waals surface area (Å²) >= 11 is 0. The fourth-order valence-corrected chi connectivity index (χ4v) is 3.90. The molecule has 0 unspecified atom stereocenters. The first-order valence-corrected chi connectivity index (χ1v) is 11.2. The summed E-state index contributed by atoms with van der Waals surface area (Å²) in [4.78, 5) is 19.1. The zero-order chi connectivity index (χ0) is 25.2. The van der Waals surface area contributed by atoms with E-state index in [4.69, 9.17) is 19.3 Å². The number of methoxy groups -OCH3 is 1. The van der Waals surface area contributed by atoms with Crippen molar-refractivity contribution in [3.8, 4) is 17.2 Å². The number of carbonyl (C=O) groups excluding carboxylic acids is 1. The molecule has 2 aromatic carbocycles. The van der Waals surface area contributed by atoms with E-state index in [0.29, 0.717) is 53.1 Å². The third-order valence-electron chi connectivity index (χ3n) is 5.74. The highest BCUT2D eigenvalue weighted by Gasteiger charge is 2.29. The number of benzene rings is 2. The monoisotopic (exact) mass is 475 g/mol. The molecule has 0 bridgehead atoms. The van der Waals surface area contributed by atoms with Crippen molar-refractivity contribution < 1.29 is 18.4 Å². The molecule has 0 spiro atoms. The van der Waals surface area contributed by atoms with Gasteiger partial charge in [-0.15, -0.1) is 10.2 Å². The number of nitrogens with two attached hydrogens (primary N) is 1. The molecule has 0 fully saturated rings. The summed E-state index contributed by atoms with van der Waals surface area (Å²) in [6.45, 7) is 5.77. The fraction of sp³-hybridized carbons (Fsp3) is 0.308. The Balaban J connectivity index is 1.59. The quantitative estimate of drug-likeness (QED) is 0.405. The predicted octanol–water partition coefficient (Wildman–Crippen LogP) is 4.04. The van der Waals surface area contributed by atoms with Gasteiger partial charge in [0, 0.05) is 19.5 Å². The Morgan fingerprint density at radius 2 is 1.86 bits per heavy atom. The highest BCUT2D eigenvalue weighted by Crippen LogP contribution is 2.32. The molecule has 0 aliphatic carbocycles. The lowest BCUT2D eigenvalue weighted by Gasteiger charge is -2.20. The molecule has 2 aromatic heterocycles. The molecule has 2 N–H and O–H groups in total. The van der Waals surface area contributed by atoms with Crippen LogP contribution >= 0.6 is 0 Å². The van der Waals surface area contributed by atoms with Crippen molar-refractivity contribution in [2.75, 3.05) is 14.2 Å². The number of hydrogen-bond donors (Lipinski definition) is 1. The topological polar surface area (TPSA) is 121 Å². The van der Waals surface area contributed by atoms with Gasteiger partial charge in [-0.05, 0) is 44.0 Å². The van der Waals surface area contributed by atoms with Crippen LogP contribution in [0.3, 0.4) is 0 Å². The molecule has 9 heteroatoms. The zero-order valence-electron chi connectivity index (χ0n) is 20.5. The molecule has 4 rings (SSSR count). The number of aryl methyl sites for hydroxylation is 2.